The fourth-order valence-electron chi connectivity index (χ4n) is 2.47. The standard InChI is InChI=1S/C14H19ClN2O.ClH/c1-10(9-16)14(18)17-7-3-6-13(17)11-4-2-5-12(15)8-11;/h2,4-5,8,10,13H,3,6-7,9,16H2,1H3;1H. The average Bonchev–Trinajstić information content (AvgIpc) is 2.86. The molecule has 1 aromatic carbocycles. The van der Waals surface area contributed by atoms with Crippen molar-refractivity contribution in [2.75, 3.05) is 13.1 Å². The summed E-state index contributed by atoms with van der Waals surface area (Å²) in [6.07, 6.45) is 2.05. The Hall–Kier alpha value is -0.770. The van der Waals surface area contributed by atoms with Gasteiger partial charge in [0.15, 0.2) is 0 Å². The van der Waals surface area contributed by atoms with E-state index in [0.29, 0.717) is 6.54 Å². The normalized spacial score (nSPS) is 19.9. The van der Waals surface area contributed by atoms with Crippen LogP contribution in [0, 0.1) is 5.92 Å². The Morgan fingerprint density at radius 2 is 2.32 bits per heavy atom. The molecule has 2 rings (SSSR count). The van der Waals surface area contributed by atoms with Crippen molar-refractivity contribution in [3.05, 3.63) is 34.9 Å². The third kappa shape index (κ3) is 3.62. The number of rotatable bonds is 3. The number of carbonyl (C=O) groups excluding carboxylic acids is 1. The quantitative estimate of drug-likeness (QED) is 0.933. The summed E-state index contributed by atoms with van der Waals surface area (Å²) in [6, 6.07) is 7.94. The Balaban J connectivity index is 0.00000180. The van der Waals surface area contributed by atoms with Crippen LogP contribution in [0.3, 0.4) is 0 Å². The SMILES string of the molecule is CC(CN)C(=O)N1CCCC1c1cccc(Cl)c1.Cl. The van der Waals surface area contributed by atoms with Gasteiger partial charge in [-0.1, -0.05) is 30.7 Å². The molecule has 19 heavy (non-hydrogen) atoms. The zero-order valence-corrected chi connectivity index (χ0v) is 12.6. The van der Waals surface area contributed by atoms with Gasteiger partial charge in [-0.25, -0.2) is 0 Å². The maximum absolute atomic E-state index is 12.3. The maximum atomic E-state index is 12.3. The molecular weight excluding hydrogens is 283 g/mol. The van der Waals surface area contributed by atoms with E-state index >= 15 is 0 Å². The van der Waals surface area contributed by atoms with Crippen molar-refractivity contribution >= 4 is 29.9 Å². The number of amides is 1. The molecule has 2 atom stereocenters. The molecule has 2 N–H and O–H groups in total. The van der Waals surface area contributed by atoms with E-state index in [4.69, 9.17) is 17.3 Å². The minimum absolute atomic E-state index is 0. The van der Waals surface area contributed by atoms with Crippen LogP contribution in [0.4, 0.5) is 0 Å². The second-order valence-electron chi connectivity index (χ2n) is 4.88. The van der Waals surface area contributed by atoms with Crippen molar-refractivity contribution < 1.29 is 4.79 Å². The van der Waals surface area contributed by atoms with Crippen LogP contribution < -0.4 is 5.73 Å². The first-order valence-electron chi connectivity index (χ1n) is 6.39. The van der Waals surface area contributed by atoms with E-state index in [2.05, 4.69) is 0 Å². The highest BCUT2D eigenvalue weighted by Gasteiger charge is 2.31. The lowest BCUT2D eigenvalue weighted by Gasteiger charge is -2.27. The molecule has 1 aromatic rings. The van der Waals surface area contributed by atoms with Crippen LogP contribution in [-0.4, -0.2) is 23.9 Å². The molecule has 1 aliphatic rings. The highest BCUT2D eigenvalue weighted by Crippen LogP contribution is 2.33. The molecule has 0 spiro atoms. The summed E-state index contributed by atoms with van der Waals surface area (Å²) < 4.78 is 0. The number of carbonyl (C=O) groups is 1. The van der Waals surface area contributed by atoms with E-state index < -0.39 is 0 Å². The van der Waals surface area contributed by atoms with Gasteiger partial charge < -0.3 is 10.6 Å². The van der Waals surface area contributed by atoms with Crippen LogP contribution in [0.2, 0.25) is 5.02 Å². The zero-order chi connectivity index (χ0) is 13.1. The summed E-state index contributed by atoms with van der Waals surface area (Å²) in [4.78, 5) is 14.2. The summed E-state index contributed by atoms with van der Waals surface area (Å²) >= 11 is 6.02. The molecule has 5 heteroatoms. The van der Waals surface area contributed by atoms with Gasteiger partial charge in [0.25, 0.3) is 0 Å². The minimum Gasteiger partial charge on any atom is -0.335 e. The first kappa shape index (κ1) is 16.3. The topological polar surface area (TPSA) is 46.3 Å². The van der Waals surface area contributed by atoms with Gasteiger partial charge in [0.2, 0.25) is 5.91 Å². The van der Waals surface area contributed by atoms with Crippen LogP contribution in [0.1, 0.15) is 31.4 Å². The molecule has 1 amide bonds. The zero-order valence-electron chi connectivity index (χ0n) is 11.0. The molecule has 0 radical (unpaired) electrons. The molecule has 0 aliphatic carbocycles. The molecule has 0 saturated carbocycles. The van der Waals surface area contributed by atoms with Gasteiger partial charge in [-0.3, -0.25) is 4.79 Å². The van der Waals surface area contributed by atoms with Crippen molar-refractivity contribution in [3.63, 3.8) is 0 Å². The monoisotopic (exact) mass is 302 g/mol. The van der Waals surface area contributed by atoms with E-state index in [1.165, 1.54) is 0 Å². The highest BCUT2D eigenvalue weighted by molar-refractivity contribution is 6.30. The number of hydrogen-bond acceptors (Lipinski definition) is 2. The van der Waals surface area contributed by atoms with E-state index in [0.717, 1.165) is 30.0 Å². The van der Waals surface area contributed by atoms with Crippen molar-refractivity contribution in [1.82, 2.24) is 4.90 Å². The highest BCUT2D eigenvalue weighted by atomic mass is 35.5. The molecule has 1 saturated heterocycles. The van der Waals surface area contributed by atoms with Crippen molar-refractivity contribution in [3.8, 4) is 0 Å². The number of halogens is 2. The van der Waals surface area contributed by atoms with Crippen LogP contribution in [0.15, 0.2) is 24.3 Å². The molecule has 0 aromatic heterocycles. The van der Waals surface area contributed by atoms with Crippen molar-refractivity contribution in [1.29, 1.82) is 0 Å². The maximum Gasteiger partial charge on any atom is 0.227 e. The molecular formula is C14H20Cl2N2O. The summed E-state index contributed by atoms with van der Waals surface area (Å²) in [7, 11) is 0. The van der Waals surface area contributed by atoms with Crippen molar-refractivity contribution in [2.45, 2.75) is 25.8 Å². The van der Waals surface area contributed by atoms with Gasteiger partial charge in [0.1, 0.15) is 0 Å². The van der Waals surface area contributed by atoms with Gasteiger partial charge in [-0.2, -0.15) is 0 Å². The van der Waals surface area contributed by atoms with Gasteiger partial charge in [0.05, 0.1) is 6.04 Å². The van der Waals surface area contributed by atoms with Crippen LogP contribution in [0.5, 0.6) is 0 Å². The predicted octanol–water partition coefficient (Wildman–Crippen LogP) is 3.02. The molecule has 1 aliphatic heterocycles. The van der Waals surface area contributed by atoms with Gasteiger partial charge in [-0.15, -0.1) is 12.4 Å². The summed E-state index contributed by atoms with van der Waals surface area (Å²) in [6.45, 7) is 3.10. The van der Waals surface area contributed by atoms with E-state index in [1.54, 1.807) is 0 Å². The Morgan fingerprint density at radius 1 is 1.58 bits per heavy atom. The van der Waals surface area contributed by atoms with Gasteiger partial charge in [0, 0.05) is 24.0 Å². The third-order valence-electron chi connectivity index (χ3n) is 3.54. The Bertz CT molecular complexity index is 439. The van der Waals surface area contributed by atoms with Crippen LogP contribution in [0.25, 0.3) is 0 Å². The largest absolute Gasteiger partial charge is 0.335 e. The van der Waals surface area contributed by atoms with E-state index in [1.807, 2.05) is 36.1 Å². The molecule has 0 bridgehead atoms. The van der Waals surface area contributed by atoms with Gasteiger partial charge >= 0.3 is 0 Å². The lowest BCUT2D eigenvalue weighted by Crippen LogP contribution is -2.37. The molecule has 106 valence electrons. The summed E-state index contributed by atoms with van der Waals surface area (Å²) in [5.74, 6) is 0.0461. The minimum atomic E-state index is -0.107. The molecule has 1 heterocycles. The Labute approximate surface area is 125 Å². The smallest absolute Gasteiger partial charge is 0.227 e. The Morgan fingerprint density at radius 3 is 2.95 bits per heavy atom. The molecule has 3 nitrogen and oxygen atoms in total. The lowest BCUT2D eigenvalue weighted by atomic mass is 10.0. The summed E-state index contributed by atoms with van der Waals surface area (Å²) in [5.41, 5.74) is 6.70. The van der Waals surface area contributed by atoms with Gasteiger partial charge in [-0.05, 0) is 30.5 Å². The number of nitrogens with zero attached hydrogens (tertiary/aromatic N) is 1. The Kier molecular flexibility index (Phi) is 6.11. The fraction of sp³-hybridized carbons (Fsp3) is 0.500. The number of benzene rings is 1. The first-order chi connectivity index (χ1) is 8.63. The average molecular weight is 303 g/mol. The van der Waals surface area contributed by atoms with Crippen LogP contribution in [-0.2, 0) is 4.79 Å². The molecule has 1 fully saturated rings. The number of hydrogen-bond donors (Lipinski definition) is 1. The second kappa shape index (κ2) is 7.13. The second-order valence-corrected chi connectivity index (χ2v) is 5.32. The first-order valence-corrected chi connectivity index (χ1v) is 6.77. The van der Waals surface area contributed by atoms with E-state index in [9.17, 15) is 4.79 Å². The third-order valence-corrected chi connectivity index (χ3v) is 3.78. The van der Waals surface area contributed by atoms with E-state index in [-0.39, 0.29) is 30.3 Å². The lowest BCUT2D eigenvalue weighted by molar-refractivity contribution is -0.135. The summed E-state index contributed by atoms with van der Waals surface area (Å²) in [5, 5.41) is 0.721. The fourth-order valence-corrected chi connectivity index (χ4v) is 2.67. The number of likely N-dealkylation sites (tertiary alicyclic amines) is 1. The molecule has 2 unspecified atom stereocenters. The van der Waals surface area contributed by atoms with Crippen molar-refractivity contribution in [2.24, 2.45) is 11.7 Å². The predicted molar refractivity (Wildman–Crippen MR) is 80.6 cm³/mol. The van der Waals surface area contributed by atoms with Crippen LogP contribution >= 0.6 is 24.0 Å². The number of nitrogens with two attached hydrogens (primary N) is 1.